The van der Waals surface area contributed by atoms with E-state index in [1.54, 1.807) is 23.1 Å². The lowest BCUT2D eigenvalue weighted by Crippen LogP contribution is -1.89. The van der Waals surface area contributed by atoms with Crippen molar-refractivity contribution in [2.24, 2.45) is 0 Å². The third kappa shape index (κ3) is 4.08. The molecule has 5 heteroatoms. The molecule has 1 N–H and O–H groups in total. The van der Waals surface area contributed by atoms with Gasteiger partial charge in [-0.2, -0.15) is 0 Å². The molecule has 2 aromatic carbocycles. The maximum Gasteiger partial charge on any atom is 0.210 e. The smallest absolute Gasteiger partial charge is 0.210 e. The number of aromatic nitrogens is 2. The van der Waals surface area contributed by atoms with Gasteiger partial charge < -0.3 is 5.32 Å². The highest BCUT2D eigenvalue weighted by atomic mass is 32.2. The molecule has 0 aliphatic heterocycles. The quantitative estimate of drug-likeness (QED) is 0.654. The Balaban J connectivity index is 1.60. The van der Waals surface area contributed by atoms with Crippen LogP contribution in [0.15, 0.2) is 52.9 Å². The lowest BCUT2D eigenvalue weighted by atomic mass is 10.2. The van der Waals surface area contributed by atoms with Crippen LogP contribution in [0.2, 0.25) is 0 Å². The van der Waals surface area contributed by atoms with Gasteiger partial charge in [-0.05, 0) is 37.1 Å². The first-order valence-electron chi connectivity index (χ1n) is 7.04. The van der Waals surface area contributed by atoms with E-state index in [0.29, 0.717) is 0 Å². The maximum atomic E-state index is 4.24. The minimum absolute atomic E-state index is 0.831. The molecule has 0 unspecified atom stereocenters. The van der Waals surface area contributed by atoms with Gasteiger partial charge in [0.1, 0.15) is 0 Å². The Labute approximate surface area is 138 Å². The minimum atomic E-state index is 0.831. The Hall–Kier alpha value is -1.85. The molecule has 0 aliphatic rings. The molecule has 0 fully saturated rings. The van der Waals surface area contributed by atoms with Gasteiger partial charge in [-0.25, -0.2) is 0 Å². The zero-order valence-electron chi connectivity index (χ0n) is 12.5. The molecule has 0 spiro atoms. The van der Waals surface area contributed by atoms with E-state index in [-0.39, 0.29) is 0 Å². The number of nitrogens with zero attached hydrogens (tertiary/aromatic N) is 2. The van der Waals surface area contributed by atoms with Crippen LogP contribution < -0.4 is 5.32 Å². The molecule has 0 saturated heterocycles. The summed E-state index contributed by atoms with van der Waals surface area (Å²) in [6.45, 7) is 4.18. The van der Waals surface area contributed by atoms with Crippen LogP contribution in [-0.2, 0) is 5.75 Å². The van der Waals surface area contributed by atoms with Gasteiger partial charge in [0.15, 0.2) is 4.34 Å². The summed E-state index contributed by atoms with van der Waals surface area (Å²) in [6.07, 6.45) is 0. The summed E-state index contributed by atoms with van der Waals surface area (Å²) in [7, 11) is 0. The van der Waals surface area contributed by atoms with E-state index in [2.05, 4.69) is 65.8 Å². The lowest BCUT2D eigenvalue weighted by molar-refractivity contribution is 1.01. The first-order chi connectivity index (χ1) is 10.7. The van der Waals surface area contributed by atoms with Crippen LogP contribution in [0.4, 0.5) is 10.8 Å². The van der Waals surface area contributed by atoms with E-state index in [9.17, 15) is 0 Å². The normalized spacial score (nSPS) is 10.6. The highest BCUT2D eigenvalue weighted by Crippen LogP contribution is 2.30. The maximum absolute atomic E-state index is 4.24. The predicted molar refractivity (Wildman–Crippen MR) is 95.1 cm³/mol. The van der Waals surface area contributed by atoms with Crippen LogP contribution in [0, 0.1) is 13.8 Å². The van der Waals surface area contributed by atoms with Crippen molar-refractivity contribution in [1.29, 1.82) is 0 Å². The molecule has 22 heavy (non-hydrogen) atoms. The third-order valence-corrected chi connectivity index (χ3v) is 5.20. The molecule has 3 aromatic rings. The molecular weight excluding hydrogens is 310 g/mol. The van der Waals surface area contributed by atoms with Crippen molar-refractivity contribution < 1.29 is 0 Å². The largest absolute Gasteiger partial charge is 0.330 e. The highest BCUT2D eigenvalue weighted by Gasteiger charge is 2.05. The van der Waals surface area contributed by atoms with E-state index < -0.39 is 0 Å². The summed E-state index contributed by atoms with van der Waals surface area (Å²) in [5.41, 5.74) is 4.86. The van der Waals surface area contributed by atoms with E-state index >= 15 is 0 Å². The summed E-state index contributed by atoms with van der Waals surface area (Å²) >= 11 is 3.30. The van der Waals surface area contributed by atoms with Gasteiger partial charge in [-0.3, -0.25) is 0 Å². The highest BCUT2D eigenvalue weighted by molar-refractivity contribution is 8.00. The summed E-state index contributed by atoms with van der Waals surface area (Å²) in [6, 6.07) is 16.8. The summed E-state index contributed by atoms with van der Waals surface area (Å²) in [4.78, 5) is 0. The Morgan fingerprint density at radius 2 is 1.82 bits per heavy atom. The first kappa shape index (κ1) is 15.1. The molecule has 3 nitrogen and oxygen atoms in total. The van der Waals surface area contributed by atoms with Crippen molar-refractivity contribution in [3.05, 3.63) is 65.2 Å². The number of benzene rings is 2. The van der Waals surface area contributed by atoms with Gasteiger partial charge in [-0.1, -0.05) is 65.1 Å². The molecule has 1 aromatic heterocycles. The minimum Gasteiger partial charge on any atom is -0.330 e. The van der Waals surface area contributed by atoms with E-state index in [4.69, 9.17) is 0 Å². The predicted octanol–water partition coefficient (Wildman–Crippen LogP) is 5.19. The topological polar surface area (TPSA) is 37.8 Å². The summed E-state index contributed by atoms with van der Waals surface area (Å²) in [5.74, 6) is 0.916. The Kier molecular flexibility index (Phi) is 4.75. The molecule has 0 bridgehead atoms. The third-order valence-electron chi connectivity index (χ3n) is 3.16. The van der Waals surface area contributed by atoms with Gasteiger partial charge in [0, 0.05) is 11.4 Å². The second-order valence-corrected chi connectivity index (χ2v) is 7.34. The van der Waals surface area contributed by atoms with E-state index in [0.717, 1.165) is 20.9 Å². The number of nitrogens with one attached hydrogen (secondary N) is 1. The summed E-state index contributed by atoms with van der Waals surface area (Å²) in [5, 5.41) is 12.6. The number of anilines is 2. The molecule has 0 saturated carbocycles. The van der Waals surface area contributed by atoms with Crippen LogP contribution in [0.5, 0.6) is 0 Å². The van der Waals surface area contributed by atoms with Crippen molar-refractivity contribution >= 4 is 33.9 Å². The Bertz CT molecular complexity index is 751. The van der Waals surface area contributed by atoms with Crippen LogP contribution in [0.3, 0.4) is 0 Å². The van der Waals surface area contributed by atoms with Crippen LogP contribution in [-0.4, -0.2) is 10.2 Å². The average molecular weight is 327 g/mol. The average Bonchev–Trinajstić information content (AvgIpc) is 2.94. The zero-order valence-corrected chi connectivity index (χ0v) is 14.2. The molecular formula is C17H17N3S2. The number of rotatable bonds is 5. The number of aryl methyl sites for hydroxylation is 2. The van der Waals surface area contributed by atoms with Crippen LogP contribution in [0.1, 0.15) is 16.7 Å². The molecule has 1 heterocycles. The van der Waals surface area contributed by atoms with Gasteiger partial charge in [0.05, 0.1) is 0 Å². The molecule has 0 amide bonds. The SMILES string of the molecule is Cc1ccc(CSc2nnc(Nc3cccc(C)c3)s2)cc1. The van der Waals surface area contributed by atoms with Crippen LogP contribution in [0.25, 0.3) is 0 Å². The zero-order chi connectivity index (χ0) is 15.4. The number of thioether (sulfide) groups is 1. The molecule has 112 valence electrons. The van der Waals surface area contributed by atoms with Crippen LogP contribution >= 0.6 is 23.1 Å². The fourth-order valence-corrected chi connectivity index (χ4v) is 3.72. The van der Waals surface area contributed by atoms with E-state index in [1.807, 2.05) is 12.1 Å². The molecule has 0 radical (unpaired) electrons. The van der Waals surface area contributed by atoms with Crippen molar-refractivity contribution in [3.8, 4) is 0 Å². The van der Waals surface area contributed by atoms with Gasteiger partial charge in [0.25, 0.3) is 0 Å². The van der Waals surface area contributed by atoms with Gasteiger partial charge in [0.2, 0.25) is 5.13 Å². The first-order valence-corrected chi connectivity index (χ1v) is 8.85. The van der Waals surface area contributed by atoms with Crippen molar-refractivity contribution in [2.45, 2.75) is 23.9 Å². The summed E-state index contributed by atoms with van der Waals surface area (Å²) < 4.78 is 0.982. The molecule has 0 aliphatic carbocycles. The lowest BCUT2D eigenvalue weighted by Gasteiger charge is -2.02. The van der Waals surface area contributed by atoms with Crippen molar-refractivity contribution in [1.82, 2.24) is 10.2 Å². The number of hydrogen-bond donors (Lipinski definition) is 1. The van der Waals surface area contributed by atoms with Crippen molar-refractivity contribution in [3.63, 3.8) is 0 Å². The molecule has 0 atom stereocenters. The second kappa shape index (κ2) is 6.94. The Morgan fingerprint density at radius 3 is 2.59 bits per heavy atom. The fraction of sp³-hybridized carbons (Fsp3) is 0.176. The molecule has 3 rings (SSSR count). The van der Waals surface area contributed by atoms with Gasteiger partial charge in [-0.15, -0.1) is 10.2 Å². The Morgan fingerprint density at radius 1 is 1.00 bits per heavy atom. The fourth-order valence-electron chi connectivity index (χ4n) is 1.99. The van der Waals surface area contributed by atoms with E-state index in [1.165, 1.54) is 16.7 Å². The van der Waals surface area contributed by atoms with Gasteiger partial charge >= 0.3 is 0 Å². The monoisotopic (exact) mass is 327 g/mol. The standard InChI is InChI=1S/C17H17N3S2/c1-12-6-8-14(9-7-12)11-21-17-20-19-16(22-17)18-15-5-3-4-13(2)10-15/h3-10H,11H2,1-2H3,(H,18,19). The second-order valence-electron chi connectivity index (χ2n) is 5.14. The van der Waals surface area contributed by atoms with Crippen molar-refractivity contribution in [2.75, 3.05) is 5.32 Å². The number of hydrogen-bond acceptors (Lipinski definition) is 5.